The fourth-order valence-corrected chi connectivity index (χ4v) is 0.330. The molecule has 0 bridgehead atoms. The maximum Gasteiger partial charge on any atom is 0.323 e. The minimum atomic E-state index is -0.609. The number of alkyl halides is 1. The number of nitrogens with one attached hydrogen (secondary N) is 1. The highest BCUT2D eigenvalue weighted by atomic mass is 127. The lowest BCUT2D eigenvalue weighted by atomic mass is 10.8. The summed E-state index contributed by atoms with van der Waals surface area (Å²) < 4.78 is 0.692. The molecule has 0 aliphatic rings. The zero-order valence-electron chi connectivity index (χ0n) is 4.07. The van der Waals surface area contributed by atoms with Crippen molar-refractivity contribution in [3.05, 3.63) is 0 Å². The SMILES string of the molecule is NC(=O)NC#CCI. The van der Waals surface area contributed by atoms with Gasteiger partial charge in [0.1, 0.15) is 0 Å². The quantitative estimate of drug-likeness (QED) is 0.260. The largest absolute Gasteiger partial charge is 0.351 e. The average molecular weight is 224 g/mol. The maximum absolute atomic E-state index is 9.88. The summed E-state index contributed by atoms with van der Waals surface area (Å²) in [5.74, 6) is 2.60. The Morgan fingerprint density at radius 3 is 2.88 bits per heavy atom. The number of carbonyl (C=O) groups is 1. The van der Waals surface area contributed by atoms with Gasteiger partial charge in [-0.05, 0) is 0 Å². The lowest BCUT2D eigenvalue weighted by molar-refractivity contribution is 0.252. The molecule has 0 unspecified atom stereocenters. The summed E-state index contributed by atoms with van der Waals surface area (Å²) in [4.78, 5) is 9.88. The first-order valence-corrected chi connectivity index (χ1v) is 3.39. The molecule has 0 fully saturated rings. The fraction of sp³-hybridized carbons (Fsp3) is 0.250. The van der Waals surface area contributed by atoms with E-state index < -0.39 is 6.03 Å². The predicted molar refractivity (Wildman–Crippen MR) is 39.4 cm³/mol. The van der Waals surface area contributed by atoms with Crippen LogP contribution in [0.25, 0.3) is 0 Å². The molecule has 0 saturated carbocycles. The van der Waals surface area contributed by atoms with Crippen LogP contribution in [0.2, 0.25) is 0 Å². The van der Waals surface area contributed by atoms with E-state index in [4.69, 9.17) is 0 Å². The van der Waals surface area contributed by atoms with E-state index >= 15 is 0 Å². The number of amides is 2. The molecule has 3 N–H and O–H groups in total. The van der Waals surface area contributed by atoms with Crippen LogP contribution in [0.3, 0.4) is 0 Å². The van der Waals surface area contributed by atoms with Crippen LogP contribution in [0, 0.1) is 12.0 Å². The molecule has 0 aliphatic heterocycles. The van der Waals surface area contributed by atoms with Gasteiger partial charge in [-0.25, -0.2) is 4.79 Å². The molecule has 8 heavy (non-hydrogen) atoms. The van der Waals surface area contributed by atoms with Crippen molar-refractivity contribution in [2.45, 2.75) is 0 Å². The number of urea groups is 1. The van der Waals surface area contributed by atoms with Gasteiger partial charge in [0.2, 0.25) is 0 Å². The monoisotopic (exact) mass is 224 g/mol. The van der Waals surface area contributed by atoms with Crippen LogP contribution in [0.1, 0.15) is 0 Å². The zero-order chi connectivity index (χ0) is 6.41. The Hall–Kier alpha value is -0.440. The second kappa shape index (κ2) is 4.71. The standard InChI is InChI=1S/C4H5IN2O/c5-2-1-3-7-4(6)8/h2H2,(H3,6,7,8). The topological polar surface area (TPSA) is 55.1 Å². The van der Waals surface area contributed by atoms with Gasteiger partial charge in [-0.2, -0.15) is 0 Å². The number of halogens is 1. The van der Waals surface area contributed by atoms with Gasteiger partial charge in [-0.3, -0.25) is 5.32 Å². The zero-order valence-corrected chi connectivity index (χ0v) is 6.23. The van der Waals surface area contributed by atoms with Gasteiger partial charge in [0.25, 0.3) is 0 Å². The number of nitrogens with two attached hydrogens (primary N) is 1. The highest BCUT2D eigenvalue weighted by Gasteiger charge is 1.78. The molecule has 4 heteroatoms. The second-order valence-electron chi connectivity index (χ2n) is 0.925. The molecule has 0 aliphatic carbocycles. The Morgan fingerprint density at radius 1 is 1.88 bits per heavy atom. The van der Waals surface area contributed by atoms with Gasteiger partial charge in [0, 0.05) is 6.04 Å². The van der Waals surface area contributed by atoms with Crippen LogP contribution >= 0.6 is 22.6 Å². The minimum absolute atomic E-state index is 0.609. The molecule has 0 rings (SSSR count). The van der Waals surface area contributed by atoms with Crippen molar-refractivity contribution in [2.24, 2.45) is 5.73 Å². The summed E-state index contributed by atoms with van der Waals surface area (Å²) in [7, 11) is 0. The van der Waals surface area contributed by atoms with E-state index in [0.29, 0.717) is 4.43 Å². The van der Waals surface area contributed by atoms with Gasteiger partial charge in [0.15, 0.2) is 0 Å². The molecule has 0 aromatic carbocycles. The molecule has 0 radical (unpaired) electrons. The van der Waals surface area contributed by atoms with Gasteiger partial charge < -0.3 is 5.73 Å². The number of hydrogen-bond donors (Lipinski definition) is 2. The summed E-state index contributed by atoms with van der Waals surface area (Å²) in [6, 6.07) is 1.74. The van der Waals surface area contributed by atoms with Crippen LogP contribution < -0.4 is 11.1 Å². The van der Waals surface area contributed by atoms with Gasteiger partial charge in [-0.15, -0.1) is 0 Å². The van der Waals surface area contributed by atoms with Crippen molar-refractivity contribution in [1.29, 1.82) is 0 Å². The first-order valence-electron chi connectivity index (χ1n) is 1.86. The van der Waals surface area contributed by atoms with Crippen LogP contribution in [-0.4, -0.2) is 10.5 Å². The minimum Gasteiger partial charge on any atom is -0.351 e. The van der Waals surface area contributed by atoms with Gasteiger partial charge in [-0.1, -0.05) is 28.5 Å². The number of hydrogen-bond acceptors (Lipinski definition) is 1. The molecular weight excluding hydrogens is 219 g/mol. The van der Waals surface area contributed by atoms with Crippen LogP contribution in [0.5, 0.6) is 0 Å². The van der Waals surface area contributed by atoms with Crippen LogP contribution in [0.4, 0.5) is 4.79 Å². The van der Waals surface area contributed by atoms with Gasteiger partial charge in [0.05, 0.1) is 4.43 Å². The van der Waals surface area contributed by atoms with Crippen molar-refractivity contribution >= 4 is 28.6 Å². The van der Waals surface area contributed by atoms with Crippen molar-refractivity contribution < 1.29 is 4.79 Å². The Balaban J connectivity index is 3.29. The summed E-state index contributed by atoms with van der Waals surface area (Å²) in [5, 5.41) is 2.12. The van der Waals surface area contributed by atoms with Crippen molar-refractivity contribution in [3.8, 4) is 12.0 Å². The summed E-state index contributed by atoms with van der Waals surface area (Å²) in [6.45, 7) is 0. The van der Waals surface area contributed by atoms with E-state index in [1.807, 2.05) is 0 Å². The summed E-state index contributed by atoms with van der Waals surface area (Å²) >= 11 is 2.07. The molecule has 0 spiro atoms. The molecule has 0 atom stereocenters. The third kappa shape index (κ3) is 5.56. The first-order chi connectivity index (χ1) is 3.77. The van der Waals surface area contributed by atoms with Crippen molar-refractivity contribution in [1.82, 2.24) is 5.32 Å². The highest BCUT2D eigenvalue weighted by molar-refractivity contribution is 14.1. The molecule has 3 nitrogen and oxygen atoms in total. The predicted octanol–water partition coefficient (Wildman–Crippen LogP) is 0.0506. The van der Waals surface area contributed by atoms with Crippen LogP contribution in [0.15, 0.2) is 0 Å². The molecule has 0 saturated heterocycles. The first kappa shape index (κ1) is 7.56. The van der Waals surface area contributed by atoms with E-state index in [9.17, 15) is 4.79 Å². The average Bonchev–Trinajstić information content (AvgIpc) is 1.66. The smallest absolute Gasteiger partial charge is 0.323 e. The maximum atomic E-state index is 9.88. The normalized spacial score (nSPS) is 6.62. The summed E-state index contributed by atoms with van der Waals surface area (Å²) in [6.07, 6.45) is 0. The van der Waals surface area contributed by atoms with Crippen molar-refractivity contribution in [3.63, 3.8) is 0 Å². The lowest BCUT2D eigenvalue weighted by Gasteiger charge is -1.82. The molecule has 0 aromatic rings. The van der Waals surface area contributed by atoms with E-state index in [1.54, 1.807) is 0 Å². The number of rotatable bonds is 0. The highest BCUT2D eigenvalue weighted by Crippen LogP contribution is 1.72. The summed E-state index contributed by atoms with van der Waals surface area (Å²) in [5.41, 5.74) is 4.68. The van der Waals surface area contributed by atoms with E-state index in [1.165, 1.54) is 0 Å². The molecule has 44 valence electrons. The molecular formula is C4H5IN2O. The number of carbonyl (C=O) groups excluding carboxylic acids is 1. The van der Waals surface area contributed by atoms with Crippen LogP contribution in [-0.2, 0) is 0 Å². The van der Waals surface area contributed by atoms with E-state index in [0.717, 1.165) is 0 Å². The number of primary amides is 1. The van der Waals surface area contributed by atoms with Gasteiger partial charge >= 0.3 is 6.03 Å². The van der Waals surface area contributed by atoms with E-state index in [2.05, 4.69) is 45.6 Å². The molecule has 2 amide bonds. The third-order valence-electron chi connectivity index (χ3n) is 0.341. The third-order valence-corrected chi connectivity index (χ3v) is 0.722. The fourth-order valence-electron chi connectivity index (χ4n) is 0.139. The lowest BCUT2D eigenvalue weighted by Crippen LogP contribution is -2.24. The van der Waals surface area contributed by atoms with E-state index in [-0.39, 0.29) is 0 Å². The Kier molecular flexibility index (Phi) is 4.45. The Bertz CT molecular complexity index is 135. The van der Waals surface area contributed by atoms with Crippen molar-refractivity contribution in [2.75, 3.05) is 4.43 Å². The Morgan fingerprint density at radius 2 is 2.50 bits per heavy atom. The Labute approximate surface area is 61.1 Å². The second-order valence-corrected chi connectivity index (χ2v) is 1.69. The molecule has 0 heterocycles. The molecule has 0 aromatic heterocycles.